The molecule has 39 heavy (non-hydrogen) atoms. The molecule has 11 heteroatoms. The second kappa shape index (κ2) is 13.6. The number of amides is 1. The molecular formula is C28H30N2O9. The van der Waals surface area contributed by atoms with E-state index in [1.165, 1.54) is 60.0 Å². The van der Waals surface area contributed by atoms with Crippen LogP contribution in [0.1, 0.15) is 33.2 Å². The van der Waals surface area contributed by atoms with Gasteiger partial charge in [-0.05, 0) is 61.0 Å². The van der Waals surface area contributed by atoms with Crippen LogP contribution in [-0.2, 0) is 0 Å². The molecule has 1 amide bonds. The first kappa shape index (κ1) is 28.6. The number of methoxy groups -OCH3 is 5. The van der Waals surface area contributed by atoms with Crippen LogP contribution in [0.4, 0.5) is 0 Å². The fourth-order valence-electron chi connectivity index (χ4n) is 3.52. The molecule has 0 saturated carbocycles. The first-order valence-corrected chi connectivity index (χ1v) is 11.7. The predicted octanol–water partition coefficient (Wildman–Crippen LogP) is 4.11. The number of hydrogen-bond donors (Lipinski definition) is 1. The van der Waals surface area contributed by atoms with Gasteiger partial charge in [0.05, 0.1) is 53.9 Å². The highest BCUT2D eigenvalue weighted by molar-refractivity contribution is 5.96. The number of esters is 1. The lowest BCUT2D eigenvalue weighted by atomic mass is 10.1. The molecule has 0 aliphatic rings. The Bertz CT molecular complexity index is 1330. The van der Waals surface area contributed by atoms with Gasteiger partial charge in [-0.15, -0.1) is 0 Å². The summed E-state index contributed by atoms with van der Waals surface area (Å²) in [5.41, 5.74) is 3.58. The zero-order valence-corrected chi connectivity index (χ0v) is 22.5. The molecule has 0 aliphatic heterocycles. The van der Waals surface area contributed by atoms with Crippen molar-refractivity contribution in [3.05, 3.63) is 65.2 Å². The van der Waals surface area contributed by atoms with Crippen molar-refractivity contribution in [3.8, 4) is 40.2 Å². The average Bonchev–Trinajstić information content (AvgIpc) is 2.96. The van der Waals surface area contributed by atoms with Gasteiger partial charge in [-0.2, -0.15) is 5.10 Å². The van der Waals surface area contributed by atoms with Gasteiger partial charge in [0, 0.05) is 5.56 Å². The first-order chi connectivity index (χ1) is 18.9. The maximum absolute atomic E-state index is 12.8. The number of ether oxygens (including phenoxy) is 7. The second-order valence-electron chi connectivity index (χ2n) is 7.71. The topological polar surface area (TPSA) is 123 Å². The summed E-state index contributed by atoms with van der Waals surface area (Å²) in [6.07, 6.45) is 1.43. The lowest BCUT2D eigenvalue weighted by Gasteiger charge is -2.13. The van der Waals surface area contributed by atoms with Crippen LogP contribution < -0.4 is 38.6 Å². The number of hydrazone groups is 1. The number of carbonyl (C=O) groups is 2. The van der Waals surface area contributed by atoms with E-state index in [4.69, 9.17) is 33.2 Å². The van der Waals surface area contributed by atoms with Crippen LogP contribution in [0.3, 0.4) is 0 Å². The number of hydrogen-bond acceptors (Lipinski definition) is 10. The van der Waals surface area contributed by atoms with Crippen LogP contribution in [-0.4, -0.2) is 60.2 Å². The lowest BCUT2D eigenvalue weighted by Crippen LogP contribution is -2.18. The molecular weight excluding hydrogens is 508 g/mol. The third kappa shape index (κ3) is 6.89. The smallest absolute Gasteiger partial charge is 0.343 e. The Labute approximate surface area is 226 Å². The highest BCUT2D eigenvalue weighted by Gasteiger charge is 2.18. The molecule has 3 rings (SSSR count). The summed E-state index contributed by atoms with van der Waals surface area (Å²) in [6, 6.07) is 12.6. The molecule has 1 N–H and O–H groups in total. The van der Waals surface area contributed by atoms with E-state index in [1.54, 1.807) is 37.3 Å². The van der Waals surface area contributed by atoms with Crippen LogP contribution in [0.15, 0.2) is 53.6 Å². The number of nitrogens with zero attached hydrogens (tertiary/aromatic N) is 1. The molecule has 0 aliphatic carbocycles. The van der Waals surface area contributed by atoms with Crippen LogP contribution in [0, 0.1) is 0 Å². The van der Waals surface area contributed by atoms with E-state index in [9.17, 15) is 9.59 Å². The van der Waals surface area contributed by atoms with Crippen molar-refractivity contribution in [1.82, 2.24) is 5.43 Å². The van der Waals surface area contributed by atoms with Gasteiger partial charge in [0.25, 0.3) is 5.91 Å². The molecule has 0 fully saturated rings. The van der Waals surface area contributed by atoms with Gasteiger partial charge in [-0.1, -0.05) is 0 Å². The third-order valence-corrected chi connectivity index (χ3v) is 5.40. The molecule has 0 saturated heterocycles. The highest BCUT2D eigenvalue weighted by atomic mass is 16.6. The molecule has 0 aromatic heterocycles. The third-order valence-electron chi connectivity index (χ3n) is 5.40. The number of rotatable bonds is 12. The number of benzene rings is 3. The minimum atomic E-state index is -0.601. The summed E-state index contributed by atoms with van der Waals surface area (Å²) in [5, 5.41) is 4.02. The summed E-state index contributed by atoms with van der Waals surface area (Å²) in [4.78, 5) is 25.4. The van der Waals surface area contributed by atoms with Crippen LogP contribution in [0.2, 0.25) is 0 Å². The maximum Gasteiger partial charge on any atom is 0.343 e. The van der Waals surface area contributed by atoms with Crippen LogP contribution in [0.25, 0.3) is 0 Å². The van der Waals surface area contributed by atoms with Crippen molar-refractivity contribution in [3.63, 3.8) is 0 Å². The summed E-state index contributed by atoms with van der Waals surface area (Å²) < 4.78 is 37.5. The minimum Gasteiger partial charge on any atom is -0.493 e. The fourth-order valence-corrected chi connectivity index (χ4v) is 3.52. The minimum absolute atomic E-state index is 0.218. The predicted molar refractivity (Wildman–Crippen MR) is 143 cm³/mol. The average molecular weight is 539 g/mol. The van der Waals surface area contributed by atoms with Gasteiger partial charge in [-0.3, -0.25) is 4.79 Å². The molecule has 11 nitrogen and oxygen atoms in total. The molecule has 0 radical (unpaired) electrons. The van der Waals surface area contributed by atoms with E-state index in [2.05, 4.69) is 10.5 Å². The van der Waals surface area contributed by atoms with Crippen molar-refractivity contribution in [2.75, 3.05) is 42.2 Å². The first-order valence-electron chi connectivity index (χ1n) is 11.7. The molecule has 0 heterocycles. The van der Waals surface area contributed by atoms with Gasteiger partial charge in [0.15, 0.2) is 34.5 Å². The van der Waals surface area contributed by atoms with E-state index in [0.717, 1.165) is 0 Å². The quantitative estimate of drug-likeness (QED) is 0.157. The zero-order chi connectivity index (χ0) is 28.4. The van der Waals surface area contributed by atoms with Gasteiger partial charge in [0.2, 0.25) is 5.75 Å². The van der Waals surface area contributed by atoms with Gasteiger partial charge in [-0.25, -0.2) is 10.2 Å². The summed E-state index contributed by atoms with van der Waals surface area (Å²) in [5.74, 6) is 1.39. The van der Waals surface area contributed by atoms with Crippen molar-refractivity contribution >= 4 is 18.1 Å². The summed E-state index contributed by atoms with van der Waals surface area (Å²) in [7, 11) is 7.38. The Morgan fingerprint density at radius 3 is 1.92 bits per heavy atom. The maximum atomic E-state index is 12.8. The summed E-state index contributed by atoms with van der Waals surface area (Å²) in [6.45, 7) is 2.14. The van der Waals surface area contributed by atoms with Crippen LogP contribution in [0.5, 0.6) is 40.2 Å². The van der Waals surface area contributed by atoms with E-state index >= 15 is 0 Å². The Kier molecular flexibility index (Phi) is 9.96. The standard InChI is InChI=1S/C28H30N2O9/c1-7-38-23-12-17(8-10-21(23)39-28(32)18-9-11-20(33-2)22(13-18)34-3)16-29-30-27(31)19-14-24(35-4)26(37-6)25(15-19)36-5/h8-16H,7H2,1-6H3,(H,30,31). The van der Waals surface area contributed by atoms with Gasteiger partial charge in [0.1, 0.15) is 0 Å². The van der Waals surface area contributed by atoms with Crippen molar-refractivity contribution < 1.29 is 42.7 Å². The normalized spacial score (nSPS) is 10.5. The monoisotopic (exact) mass is 538 g/mol. The molecule has 3 aromatic carbocycles. The number of nitrogens with one attached hydrogen (secondary N) is 1. The largest absolute Gasteiger partial charge is 0.493 e. The van der Waals surface area contributed by atoms with Crippen LogP contribution >= 0.6 is 0 Å². The molecule has 3 aromatic rings. The van der Waals surface area contributed by atoms with E-state index in [0.29, 0.717) is 46.7 Å². The fraction of sp³-hybridized carbons (Fsp3) is 0.250. The van der Waals surface area contributed by atoms with E-state index in [1.807, 2.05) is 0 Å². The van der Waals surface area contributed by atoms with Crippen molar-refractivity contribution in [1.29, 1.82) is 0 Å². The molecule has 0 unspecified atom stereocenters. The van der Waals surface area contributed by atoms with Gasteiger partial charge < -0.3 is 33.2 Å². The Balaban J connectivity index is 1.75. The van der Waals surface area contributed by atoms with Gasteiger partial charge >= 0.3 is 5.97 Å². The van der Waals surface area contributed by atoms with E-state index in [-0.39, 0.29) is 16.9 Å². The van der Waals surface area contributed by atoms with Crippen molar-refractivity contribution in [2.45, 2.75) is 6.92 Å². The Morgan fingerprint density at radius 1 is 0.718 bits per heavy atom. The molecule has 0 spiro atoms. The van der Waals surface area contributed by atoms with E-state index < -0.39 is 11.9 Å². The SMILES string of the molecule is CCOc1cc(C=NNC(=O)c2cc(OC)c(OC)c(OC)c2)ccc1OC(=O)c1ccc(OC)c(OC)c1. The zero-order valence-electron chi connectivity index (χ0n) is 22.5. The summed E-state index contributed by atoms with van der Waals surface area (Å²) >= 11 is 0. The Morgan fingerprint density at radius 2 is 1.33 bits per heavy atom. The highest BCUT2D eigenvalue weighted by Crippen LogP contribution is 2.38. The number of carbonyl (C=O) groups excluding carboxylic acids is 2. The lowest BCUT2D eigenvalue weighted by molar-refractivity contribution is 0.0727. The molecule has 206 valence electrons. The second-order valence-corrected chi connectivity index (χ2v) is 7.71. The molecule has 0 atom stereocenters. The molecule has 0 bridgehead atoms. The Hall–Kier alpha value is -4.93. The van der Waals surface area contributed by atoms with Crippen molar-refractivity contribution in [2.24, 2.45) is 5.10 Å².